The van der Waals surface area contributed by atoms with E-state index >= 15 is 0 Å². The van der Waals surface area contributed by atoms with Crippen LogP contribution in [0.5, 0.6) is 5.75 Å². The number of nitrogens with one attached hydrogen (secondary N) is 1. The second-order valence-electron chi connectivity index (χ2n) is 7.20. The average molecular weight is 456 g/mol. The quantitative estimate of drug-likeness (QED) is 0.704. The maximum absolute atomic E-state index is 12.8. The number of ether oxygens (including phenoxy) is 1. The lowest BCUT2D eigenvalue weighted by atomic mass is 10.2. The molecule has 1 heterocycles. The molecule has 168 valence electrons. The van der Waals surface area contributed by atoms with Crippen LogP contribution in [0.25, 0.3) is 0 Å². The smallest absolute Gasteiger partial charge is 0.416 e. The van der Waals surface area contributed by atoms with Gasteiger partial charge in [0.25, 0.3) is 5.91 Å². The topological polar surface area (TPSA) is 75.7 Å². The average Bonchev–Trinajstić information content (AvgIpc) is 3.02. The highest BCUT2D eigenvalue weighted by Gasteiger charge is 2.30. The Morgan fingerprint density at radius 3 is 2.06 bits per heavy atom. The minimum absolute atomic E-state index is 0.163. The maximum atomic E-state index is 12.8. The molecule has 2 aromatic rings. The molecule has 0 bridgehead atoms. The summed E-state index contributed by atoms with van der Waals surface area (Å²) in [6, 6.07) is 9.87. The van der Waals surface area contributed by atoms with E-state index < -0.39 is 27.7 Å². The van der Waals surface area contributed by atoms with Gasteiger partial charge in [0, 0.05) is 18.8 Å². The standard InChI is InChI=1S/C21H23F3N2O4S/c22-21(23,24)16-5-7-17(8-6-16)25-20(27)15-30-18-9-11-19(12-10-18)31(28,29)26-13-3-1-2-4-14-26/h5-12H,1-4,13-15H2,(H,25,27). The highest BCUT2D eigenvalue weighted by Crippen LogP contribution is 2.29. The van der Waals surface area contributed by atoms with E-state index in [2.05, 4.69) is 5.32 Å². The van der Waals surface area contributed by atoms with Crippen LogP contribution in [-0.4, -0.2) is 38.3 Å². The van der Waals surface area contributed by atoms with Crippen molar-refractivity contribution in [1.29, 1.82) is 0 Å². The first-order chi connectivity index (χ1) is 14.7. The number of alkyl halides is 3. The Morgan fingerprint density at radius 2 is 1.52 bits per heavy atom. The largest absolute Gasteiger partial charge is 0.484 e. The lowest BCUT2D eigenvalue weighted by molar-refractivity contribution is -0.137. The van der Waals surface area contributed by atoms with Gasteiger partial charge >= 0.3 is 6.18 Å². The third-order valence-corrected chi connectivity index (χ3v) is 6.81. The maximum Gasteiger partial charge on any atom is 0.416 e. The summed E-state index contributed by atoms with van der Waals surface area (Å²) in [6.07, 6.45) is -0.720. The van der Waals surface area contributed by atoms with E-state index in [1.54, 1.807) is 0 Å². The number of rotatable bonds is 6. The molecule has 0 spiro atoms. The van der Waals surface area contributed by atoms with E-state index in [0.29, 0.717) is 18.8 Å². The summed E-state index contributed by atoms with van der Waals surface area (Å²) in [5.41, 5.74) is -0.600. The minimum Gasteiger partial charge on any atom is -0.484 e. The summed E-state index contributed by atoms with van der Waals surface area (Å²) in [5, 5.41) is 2.44. The zero-order valence-corrected chi connectivity index (χ0v) is 17.5. The molecule has 1 aliphatic heterocycles. The number of hydrogen-bond acceptors (Lipinski definition) is 4. The molecular weight excluding hydrogens is 433 g/mol. The summed E-state index contributed by atoms with van der Waals surface area (Å²) in [6.45, 7) is 0.634. The van der Waals surface area contributed by atoms with E-state index in [1.165, 1.54) is 28.6 Å². The molecule has 3 rings (SSSR count). The zero-order valence-electron chi connectivity index (χ0n) is 16.7. The summed E-state index contributed by atoms with van der Waals surface area (Å²) in [5.74, 6) is -0.251. The molecule has 0 unspecified atom stereocenters. The Balaban J connectivity index is 1.54. The normalized spacial score (nSPS) is 15.8. The lowest BCUT2D eigenvalue weighted by Crippen LogP contribution is -2.31. The Morgan fingerprint density at radius 1 is 0.935 bits per heavy atom. The van der Waals surface area contributed by atoms with Crippen molar-refractivity contribution in [2.45, 2.75) is 36.8 Å². The Labute approximate surface area is 179 Å². The second-order valence-corrected chi connectivity index (χ2v) is 9.14. The monoisotopic (exact) mass is 456 g/mol. The first-order valence-corrected chi connectivity index (χ1v) is 11.3. The van der Waals surface area contributed by atoms with Crippen molar-refractivity contribution in [2.75, 3.05) is 25.0 Å². The van der Waals surface area contributed by atoms with Crippen LogP contribution in [0, 0.1) is 0 Å². The fourth-order valence-corrected chi connectivity index (χ4v) is 4.74. The van der Waals surface area contributed by atoms with Crippen LogP contribution in [0.3, 0.4) is 0 Å². The first-order valence-electron chi connectivity index (χ1n) is 9.86. The molecule has 0 radical (unpaired) electrons. The molecule has 1 aliphatic rings. The molecule has 0 saturated carbocycles. The summed E-state index contributed by atoms with van der Waals surface area (Å²) in [7, 11) is -3.57. The van der Waals surface area contributed by atoms with Crippen molar-refractivity contribution in [3.05, 3.63) is 54.1 Å². The van der Waals surface area contributed by atoms with Crippen molar-refractivity contribution < 1.29 is 31.1 Å². The minimum atomic E-state index is -4.45. The molecule has 10 heteroatoms. The highest BCUT2D eigenvalue weighted by atomic mass is 32.2. The number of sulfonamides is 1. The van der Waals surface area contributed by atoms with Gasteiger partial charge in [-0.1, -0.05) is 12.8 Å². The van der Waals surface area contributed by atoms with E-state index in [0.717, 1.165) is 49.9 Å². The van der Waals surface area contributed by atoms with Gasteiger partial charge in [0.2, 0.25) is 10.0 Å². The van der Waals surface area contributed by atoms with Gasteiger partial charge in [-0.2, -0.15) is 17.5 Å². The Hall–Kier alpha value is -2.59. The van der Waals surface area contributed by atoms with Crippen molar-refractivity contribution in [3.63, 3.8) is 0 Å². The first kappa shape index (κ1) is 23.1. The summed E-state index contributed by atoms with van der Waals surface area (Å²) >= 11 is 0. The Bertz CT molecular complexity index is 983. The SMILES string of the molecule is O=C(COc1ccc(S(=O)(=O)N2CCCCCC2)cc1)Nc1ccc(C(F)(F)F)cc1. The van der Waals surface area contributed by atoms with Gasteiger partial charge < -0.3 is 10.1 Å². The molecule has 1 saturated heterocycles. The van der Waals surface area contributed by atoms with Gasteiger partial charge in [-0.25, -0.2) is 8.42 Å². The van der Waals surface area contributed by atoms with E-state index in [9.17, 15) is 26.4 Å². The summed E-state index contributed by atoms with van der Waals surface area (Å²) in [4.78, 5) is 12.1. The predicted octanol–water partition coefficient (Wildman–Crippen LogP) is 4.29. The Kier molecular flexibility index (Phi) is 7.22. The number of benzene rings is 2. The summed E-state index contributed by atoms with van der Waals surface area (Å²) < 4.78 is 70.1. The van der Waals surface area contributed by atoms with Crippen LogP contribution in [-0.2, 0) is 21.0 Å². The van der Waals surface area contributed by atoms with Crippen molar-refractivity contribution in [2.24, 2.45) is 0 Å². The van der Waals surface area contributed by atoms with Gasteiger partial charge in [0.15, 0.2) is 6.61 Å². The van der Waals surface area contributed by atoms with Crippen LogP contribution >= 0.6 is 0 Å². The highest BCUT2D eigenvalue weighted by molar-refractivity contribution is 7.89. The van der Waals surface area contributed by atoms with Crippen LogP contribution in [0.2, 0.25) is 0 Å². The van der Waals surface area contributed by atoms with Crippen molar-refractivity contribution in [3.8, 4) is 5.75 Å². The van der Waals surface area contributed by atoms with Crippen LogP contribution < -0.4 is 10.1 Å². The van der Waals surface area contributed by atoms with Gasteiger partial charge in [0.05, 0.1) is 10.5 Å². The second kappa shape index (κ2) is 9.69. The van der Waals surface area contributed by atoms with E-state index in [4.69, 9.17) is 4.74 Å². The third-order valence-electron chi connectivity index (χ3n) is 4.89. The number of anilines is 1. The van der Waals surface area contributed by atoms with E-state index in [1.807, 2.05) is 0 Å². The van der Waals surface area contributed by atoms with Crippen LogP contribution in [0.4, 0.5) is 18.9 Å². The third kappa shape index (κ3) is 6.20. The molecule has 1 amide bonds. The molecule has 31 heavy (non-hydrogen) atoms. The van der Waals surface area contributed by atoms with Crippen molar-refractivity contribution in [1.82, 2.24) is 4.31 Å². The number of hydrogen-bond donors (Lipinski definition) is 1. The number of nitrogens with zero attached hydrogens (tertiary/aromatic N) is 1. The molecule has 2 aromatic carbocycles. The zero-order chi connectivity index (χ0) is 22.5. The predicted molar refractivity (Wildman–Crippen MR) is 109 cm³/mol. The lowest BCUT2D eigenvalue weighted by Gasteiger charge is -2.20. The van der Waals surface area contributed by atoms with Gasteiger partial charge in [-0.15, -0.1) is 0 Å². The van der Waals surface area contributed by atoms with E-state index in [-0.39, 0.29) is 17.2 Å². The fourth-order valence-electron chi connectivity index (χ4n) is 3.23. The fraction of sp³-hybridized carbons (Fsp3) is 0.381. The van der Waals surface area contributed by atoms with Crippen LogP contribution in [0.1, 0.15) is 31.2 Å². The number of amides is 1. The van der Waals surface area contributed by atoms with Crippen molar-refractivity contribution >= 4 is 21.6 Å². The molecule has 6 nitrogen and oxygen atoms in total. The molecule has 1 fully saturated rings. The molecule has 0 aliphatic carbocycles. The number of halogens is 3. The molecule has 0 aromatic heterocycles. The number of carbonyl (C=O) groups excluding carboxylic acids is 1. The molecular formula is C21H23F3N2O4S. The van der Waals surface area contributed by atoms with Gasteiger partial charge in [0.1, 0.15) is 5.75 Å². The number of carbonyl (C=O) groups is 1. The van der Waals surface area contributed by atoms with Gasteiger partial charge in [-0.3, -0.25) is 4.79 Å². The van der Waals surface area contributed by atoms with Gasteiger partial charge in [-0.05, 0) is 61.4 Å². The molecule has 0 atom stereocenters. The van der Waals surface area contributed by atoms with Crippen LogP contribution in [0.15, 0.2) is 53.4 Å². The molecule has 1 N–H and O–H groups in total.